The molecule has 0 bridgehead atoms. The normalized spacial score (nSPS) is 14.3. The van der Waals surface area contributed by atoms with Crippen molar-refractivity contribution in [1.82, 2.24) is 29.6 Å². The first-order chi connectivity index (χ1) is 35.1. The molecule has 18 nitrogen and oxygen atoms in total. The molecule has 1 fully saturated rings. The molecule has 2 aromatic carbocycles. The number of carboxylic acids is 2. The molecule has 3 heterocycles. The zero-order valence-electron chi connectivity index (χ0n) is 42.1. The SMILES string of the molecule is COCCOCCOCCOc1ccc(C#Cc2cc(CN3CCN(C)CCN(Cc4cc(C#Cc5ccc(OCCOCCOCCOC)cc5)cc(C(=O)O)n4)CCN(C)CC3)nc(C(=O)O)c2)cc1. The highest BCUT2D eigenvalue weighted by atomic mass is 16.6. The lowest BCUT2D eigenvalue weighted by molar-refractivity contribution is 0.0180. The van der Waals surface area contributed by atoms with E-state index in [9.17, 15) is 19.8 Å². The molecule has 2 aromatic heterocycles. The summed E-state index contributed by atoms with van der Waals surface area (Å²) in [6.07, 6.45) is 0. The van der Waals surface area contributed by atoms with Crippen LogP contribution < -0.4 is 9.47 Å². The minimum absolute atomic E-state index is 0.0538. The molecule has 2 N–H and O–H groups in total. The van der Waals surface area contributed by atoms with Crippen molar-refractivity contribution in [2.45, 2.75) is 13.1 Å². The average molecular weight is 995 g/mol. The molecule has 0 radical (unpaired) electrons. The van der Waals surface area contributed by atoms with Gasteiger partial charge in [0.15, 0.2) is 0 Å². The molecule has 0 unspecified atom stereocenters. The second kappa shape index (κ2) is 32.9. The van der Waals surface area contributed by atoms with E-state index in [2.05, 4.69) is 67.3 Å². The van der Waals surface area contributed by atoms with Crippen LogP contribution in [-0.2, 0) is 41.5 Å². The molecule has 4 aromatic rings. The Bertz CT molecular complexity index is 2190. The number of hydrogen-bond acceptors (Lipinski definition) is 16. The van der Waals surface area contributed by atoms with Crippen LogP contribution in [0.2, 0.25) is 0 Å². The van der Waals surface area contributed by atoms with Gasteiger partial charge in [-0.3, -0.25) is 9.80 Å². The molecule has 18 heteroatoms. The van der Waals surface area contributed by atoms with Gasteiger partial charge in [-0.2, -0.15) is 0 Å². The van der Waals surface area contributed by atoms with E-state index in [0.717, 1.165) is 63.5 Å². The van der Waals surface area contributed by atoms with Crippen molar-refractivity contribution < 1.29 is 57.7 Å². The van der Waals surface area contributed by atoms with Gasteiger partial charge in [0.1, 0.15) is 36.1 Å². The highest BCUT2D eigenvalue weighted by Gasteiger charge is 2.18. The lowest BCUT2D eigenvalue weighted by atomic mass is 10.1. The Balaban J connectivity index is 1.13. The number of hydrogen-bond donors (Lipinski definition) is 2. The number of likely N-dealkylation sites (N-methyl/N-ethyl adjacent to an activating group) is 2. The molecule has 1 aliphatic heterocycles. The van der Waals surface area contributed by atoms with E-state index in [0.29, 0.717) is 126 Å². The fourth-order valence-corrected chi connectivity index (χ4v) is 7.09. The van der Waals surface area contributed by atoms with Crippen molar-refractivity contribution in [1.29, 1.82) is 0 Å². The van der Waals surface area contributed by atoms with Gasteiger partial charge in [0.2, 0.25) is 0 Å². The van der Waals surface area contributed by atoms with Crippen LogP contribution in [0.5, 0.6) is 11.5 Å². The van der Waals surface area contributed by atoms with Gasteiger partial charge in [0.25, 0.3) is 0 Å². The number of nitrogens with zero attached hydrogens (tertiary/aromatic N) is 6. The van der Waals surface area contributed by atoms with Crippen LogP contribution in [-0.4, -0.2) is 212 Å². The maximum absolute atomic E-state index is 12.2. The second-order valence-corrected chi connectivity index (χ2v) is 16.9. The number of ether oxygens (including phenoxy) is 8. The Hall–Kier alpha value is -6.00. The van der Waals surface area contributed by atoms with Crippen molar-refractivity contribution in [3.05, 3.63) is 118 Å². The summed E-state index contributed by atoms with van der Waals surface area (Å²) in [6.45, 7) is 12.7. The second-order valence-electron chi connectivity index (χ2n) is 16.9. The van der Waals surface area contributed by atoms with Gasteiger partial charge in [0, 0.05) is 102 Å². The molecule has 0 aliphatic carbocycles. The quantitative estimate of drug-likeness (QED) is 0.0679. The number of carbonyl (C=O) groups is 2. The van der Waals surface area contributed by atoms with Gasteiger partial charge in [-0.05, 0) is 86.9 Å². The Morgan fingerprint density at radius 3 is 1.11 bits per heavy atom. The van der Waals surface area contributed by atoms with Gasteiger partial charge in [-0.25, -0.2) is 19.6 Å². The Morgan fingerprint density at radius 2 is 0.778 bits per heavy atom. The highest BCUT2D eigenvalue weighted by molar-refractivity contribution is 5.86. The van der Waals surface area contributed by atoms with E-state index in [1.165, 1.54) is 12.1 Å². The molecule has 0 atom stereocenters. The maximum Gasteiger partial charge on any atom is 0.354 e. The Morgan fingerprint density at radius 1 is 0.458 bits per heavy atom. The highest BCUT2D eigenvalue weighted by Crippen LogP contribution is 2.16. The van der Waals surface area contributed by atoms with E-state index in [-0.39, 0.29) is 11.4 Å². The number of carboxylic acid groups (broad SMARTS) is 2. The number of aromatic carboxylic acids is 2. The van der Waals surface area contributed by atoms with Crippen LogP contribution in [0.4, 0.5) is 0 Å². The Labute approximate surface area is 424 Å². The first kappa shape index (κ1) is 56.9. The zero-order valence-corrected chi connectivity index (χ0v) is 42.1. The van der Waals surface area contributed by atoms with Gasteiger partial charge in [-0.15, -0.1) is 0 Å². The van der Waals surface area contributed by atoms with E-state index in [1.54, 1.807) is 14.2 Å². The molecule has 72 heavy (non-hydrogen) atoms. The van der Waals surface area contributed by atoms with Crippen molar-refractivity contribution in [3.8, 4) is 35.2 Å². The summed E-state index contributed by atoms with van der Waals surface area (Å²) in [5.74, 6) is 11.8. The minimum Gasteiger partial charge on any atom is -0.491 e. The summed E-state index contributed by atoms with van der Waals surface area (Å²) in [7, 11) is 7.42. The molecular weight excluding hydrogens is 925 g/mol. The molecule has 0 spiro atoms. The summed E-state index contributed by atoms with van der Waals surface area (Å²) in [6, 6.07) is 21.6. The van der Waals surface area contributed by atoms with Crippen LogP contribution in [0.3, 0.4) is 0 Å². The summed E-state index contributed by atoms with van der Waals surface area (Å²) in [5, 5.41) is 19.9. The average Bonchev–Trinajstić information content (AvgIpc) is 3.38. The smallest absolute Gasteiger partial charge is 0.354 e. The lowest BCUT2D eigenvalue weighted by Gasteiger charge is -2.32. The number of methoxy groups -OCH3 is 2. The third-order valence-corrected chi connectivity index (χ3v) is 11.2. The molecular formula is C54H70N6O12. The van der Waals surface area contributed by atoms with Crippen molar-refractivity contribution in [3.63, 3.8) is 0 Å². The predicted molar refractivity (Wildman–Crippen MR) is 271 cm³/mol. The first-order valence-electron chi connectivity index (χ1n) is 24.2. The molecule has 1 saturated heterocycles. The van der Waals surface area contributed by atoms with Crippen molar-refractivity contribution >= 4 is 11.9 Å². The summed E-state index contributed by atoms with van der Waals surface area (Å²) >= 11 is 0. The molecule has 1 aliphatic rings. The monoisotopic (exact) mass is 995 g/mol. The minimum atomic E-state index is -1.11. The van der Waals surface area contributed by atoms with E-state index < -0.39 is 11.9 Å². The molecule has 0 saturated carbocycles. The summed E-state index contributed by atoms with van der Waals surface area (Å²) in [5.41, 5.74) is 3.81. The molecule has 388 valence electrons. The van der Waals surface area contributed by atoms with Crippen LogP contribution in [0.15, 0.2) is 72.8 Å². The van der Waals surface area contributed by atoms with Crippen LogP contribution >= 0.6 is 0 Å². The van der Waals surface area contributed by atoms with Crippen LogP contribution in [0.25, 0.3) is 0 Å². The fourth-order valence-electron chi connectivity index (χ4n) is 7.09. The van der Waals surface area contributed by atoms with E-state index in [1.807, 2.05) is 60.7 Å². The van der Waals surface area contributed by atoms with Crippen molar-refractivity contribution in [2.75, 3.05) is 160 Å². The Kier molecular flexibility index (Phi) is 26.0. The number of benzene rings is 2. The third-order valence-electron chi connectivity index (χ3n) is 11.2. The first-order valence-corrected chi connectivity index (χ1v) is 24.2. The van der Waals surface area contributed by atoms with Crippen molar-refractivity contribution in [2.24, 2.45) is 0 Å². The zero-order chi connectivity index (χ0) is 51.2. The van der Waals surface area contributed by atoms with E-state index in [4.69, 9.17) is 37.9 Å². The van der Waals surface area contributed by atoms with Gasteiger partial charge >= 0.3 is 11.9 Å². The lowest BCUT2D eigenvalue weighted by Crippen LogP contribution is -2.44. The maximum atomic E-state index is 12.2. The predicted octanol–water partition coefficient (Wildman–Crippen LogP) is 3.97. The van der Waals surface area contributed by atoms with Gasteiger partial charge < -0.3 is 57.9 Å². The summed E-state index contributed by atoms with van der Waals surface area (Å²) in [4.78, 5) is 42.5. The fraction of sp³-hybridized carbons (Fsp3) is 0.481. The molecule has 0 amide bonds. The van der Waals surface area contributed by atoms with E-state index >= 15 is 0 Å². The molecule has 5 rings (SSSR count). The third kappa shape index (κ3) is 22.6. The van der Waals surface area contributed by atoms with Gasteiger partial charge in [-0.1, -0.05) is 23.7 Å². The van der Waals surface area contributed by atoms with Crippen LogP contribution in [0, 0.1) is 23.7 Å². The summed E-state index contributed by atoms with van der Waals surface area (Å²) < 4.78 is 43.3. The van der Waals surface area contributed by atoms with Gasteiger partial charge in [0.05, 0.1) is 77.5 Å². The number of pyridine rings is 2. The van der Waals surface area contributed by atoms with Crippen LogP contribution in [0.1, 0.15) is 54.6 Å². The largest absolute Gasteiger partial charge is 0.491 e. The standard InChI is InChI=1S/C54H70N6O12/c1-57-17-21-59(41-47-37-45(39-51(55-47)53(61)62)7-5-43-9-13-49(14-10-43)71-35-33-69-31-29-67-27-25-65-3)23-19-58(2)20-24-60(22-18-57)42-48-38-46(40-52(56-48)54(63)64)8-6-44-11-15-50(16-12-44)72-36-34-70-32-30-68-28-26-66-4/h9-16,37-40H,17-36,41-42H2,1-4H3,(H,61,62)(H,63,64). The number of aromatic nitrogens is 2. The topological polar surface area (TPSA) is 187 Å². The number of rotatable bonds is 26.